The van der Waals surface area contributed by atoms with Crippen LogP contribution in [0.3, 0.4) is 0 Å². The Morgan fingerprint density at radius 1 is 0.828 bits per heavy atom. The SMILES string of the molecule is O=S(=O)(N[C@H]1CC[C@H](c2ccc(O)cc2O)CC1)c1c(F)c(F)c(F)c(F)c1F. The summed E-state index contributed by atoms with van der Waals surface area (Å²) < 4.78 is 94.0. The van der Waals surface area contributed by atoms with Gasteiger partial charge in [-0.2, -0.15) is 0 Å². The highest BCUT2D eigenvalue weighted by molar-refractivity contribution is 7.89. The Hall–Kier alpha value is -2.40. The van der Waals surface area contributed by atoms with E-state index in [4.69, 9.17) is 0 Å². The topological polar surface area (TPSA) is 86.6 Å². The number of phenolic OH excluding ortho intramolecular Hbond substituents is 2. The number of hydrogen-bond acceptors (Lipinski definition) is 4. The van der Waals surface area contributed by atoms with Crippen molar-refractivity contribution in [3.63, 3.8) is 0 Å². The van der Waals surface area contributed by atoms with E-state index in [1.807, 2.05) is 4.72 Å². The molecule has 0 spiro atoms. The number of halogens is 5. The lowest BCUT2D eigenvalue weighted by Crippen LogP contribution is -2.38. The molecule has 0 amide bonds. The molecule has 158 valence electrons. The van der Waals surface area contributed by atoms with Gasteiger partial charge in [0.15, 0.2) is 28.2 Å². The molecule has 3 N–H and O–H groups in total. The fraction of sp³-hybridized carbons (Fsp3) is 0.333. The molecule has 0 aliphatic heterocycles. The maximum absolute atomic E-state index is 13.8. The Bertz CT molecular complexity index is 1020. The first kappa shape index (κ1) is 21.3. The molecule has 1 fully saturated rings. The summed E-state index contributed by atoms with van der Waals surface area (Å²) in [5.74, 6) is -12.3. The maximum Gasteiger partial charge on any atom is 0.246 e. The van der Waals surface area contributed by atoms with Crippen LogP contribution in [-0.4, -0.2) is 24.7 Å². The van der Waals surface area contributed by atoms with Gasteiger partial charge >= 0.3 is 0 Å². The summed E-state index contributed by atoms with van der Waals surface area (Å²) in [4.78, 5) is -1.91. The minimum atomic E-state index is -5.01. The van der Waals surface area contributed by atoms with Crippen LogP contribution in [0.1, 0.15) is 37.2 Å². The van der Waals surface area contributed by atoms with Gasteiger partial charge in [-0.05, 0) is 43.2 Å². The van der Waals surface area contributed by atoms with E-state index in [0.717, 1.165) is 0 Å². The molecule has 5 nitrogen and oxygen atoms in total. The van der Waals surface area contributed by atoms with Gasteiger partial charge in [0.2, 0.25) is 15.8 Å². The Morgan fingerprint density at radius 2 is 1.34 bits per heavy atom. The van der Waals surface area contributed by atoms with Crippen molar-refractivity contribution >= 4 is 10.0 Å². The van der Waals surface area contributed by atoms with Crippen LogP contribution < -0.4 is 4.72 Å². The number of phenols is 2. The standard InChI is InChI=1S/C18H16F5NO4S/c19-13-14(20)16(22)18(17(23)15(13)21)29(27,28)24-9-3-1-8(2-4-9)11-6-5-10(25)7-12(11)26/h5-9,24-26H,1-4H2/t8-,9-. The fourth-order valence-corrected chi connectivity index (χ4v) is 4.94. The summed E-state index contributed by atoms with van der Waals surface area (Å²) in [5, 5.41) is 19.3. The Morgan fingerprint density at radius 3 is 1.86 bits per heavy atom. The summed E-state index contributed by atoms with van der Waals surface area (Å²) in [7, 11) is -5.01. The van der Waals surface area contributed by atoms with Crippen molar-refractivity contribution in [3.8, 4) is 11.5 Å². The van der Waals surface area contributed by atoms with Crippen molar-refractivity contribution < 1.29 is 40.6 Å². The molecule has 1 aliphatic rings. The van der Waals surface area contributed by atoms with Crippen LogP contribution in [-0.2, 0) is 10.0 Å². The Balaban J connectivity index is 1.77. The van der Waals surface area contributed by atoms with Gasteiger partial charge in [0, 0.05) is 12.1 Å². The molecule has 3 rings (SSSR count). The van der Waals surface area contributed by atoms with Gasteiger partial charge < -0.3 is 10.2 Å². The monoisotopic (exact) mass is 437 g/mol. The highest BCUT2D eigenvalue weighted by atomic mass is 32.2. The second-order valence-electron chi connectivity index (χ2n) is 6.81. The average molecular weight is 437 g/mol. The van der Waals surface area contributed by atoms with Crippen LogP contribution in [0, 0.1) is 29.1 Å². The summed E-state index contributed by atoms with van der Waals surface area (Å²) in [6, 6.07) is 3.32. The first-order valence-electron chi connectivity index (χ1n) is 8.58. The van der Waals surface area contributed by atoms with Gasteiger partial charge in [-0.15, -0.1) is 0 Å². The summed E-state index contributed by atoms with van der Waals surface area (Å²) in [6.07, 6.45) is 1.20. The quantitative estimate of drug-likeness (QED) is 0.386. The van der Waals surface area contributed by atoms with Crippen LogP contribution in [0.5, 0.6) is 11.5 Å². The van der Waals surface area contributed by atoms with E-state index >= 15 is 0 Å². The summed E-state index contributed by atoms with van der Waals surface area (Å²) in [5.41, 5.74) is 0.559. The minimum Gasteiger partial charge on any atom is -0.508 e. The zero-order chi connectivity index (χ0) is 21.5. The molecule has 29 heavy (non-hydrogen) atoms. The van der Waals surface area contributed by atoms with Gasteiger partial charge in [0.25, 0.3) is 0 Å². The predicted octanol–water partition coefficient (Wildman–Crippen LogP) is 3.80. The lowest BCUT2D eigenvalue weighted by molar-refractivity contribution is 0.350. The molecule has 0 aromatic heterocycles. The smallest absolute Gasteiger partial charge is 0.246 e. The van der Waals surface area contributed by atoms with Crippen LogP contribution >= 0.6 is 0 Å². The summed E-state index contributed by atoms with van der Waals surface area (Å²) in [6.45, 7) is 0. The van der Waals surface area contributed by atoms with E-state index in [1.54, 1.807) is 0 Å². The van der Waals surface area contributed by atoms with Crippen LogP contribution in [0.15, 0.2) is 23.1 Å². The molecule has 2 aromatic carbocycles. The largest absolute Gasteiger partial charge is 0.508 e. The number of hydrogen-bond donors (Lipinski definition) is 3. The Labute approximate surface area is 162 Å². The number of benzene rings is 2. The van der Waals surface area contributed by atoms with Gasteiger partial charge in [-0.3, -0.25) is 0 Å². The third kappa shape index (κ3) is 4.01. The molecular weight excluding hydrogens is 421 g/mol. The third-order valence-corrected chi connectivity index (χ3v) is 6.48. The van der Waals surface area contributed by atoms with E-state index < -0.39 is 50.0 Å². The highest BCUT2D eigenvalue weighted by Crippen LogP contribution is 2.39. The molecular formula is C18H16F5NO4S. The summed E-state index contributed by atoms with van der Waals surface area (Å²) >= 11 is 0. The lowest BCUT2D eigenvalue weighted by Gasteiger charge is -2.29. The van der Waals surface area contributed by atoms with Gasteiger partial charge in [-0.1, -0.05) is 6.07 Å². The predicted molar refractivity (Wildman–Crippen MR) is 91.3 cm³/mol. The molecule has 0 radical (unpaired) electrons. The van der Waals surface area contributed by atoms with Crippen molar-refractivity contribution in [1.82, 2.24) is 4.72 Å². The zero-order valence-corrected chi connectivity index (χ0v) is 15.5. The number of nitrogens with one attached hydrogen (secondary N) is 1. The van der Waals surface area contributed by atoms with Crippen molar-refractivity contribution in [2.75, 3.05) is 0 Å². The molecule has 0 unspecified atom stereocenters. The van der Waals surface area contributed by atoms with Crippen LogP contribution in [0.25, 0.3) is 0 Å². The van der Waals surface area contributed by atoms with Crippen molar-refractivity contribution in [2.45, 2.75) is 42.5 Å². The third-order valence-electron chi connectivity index (χ3n) is 4.94. The average Bonchev–Trinajstić information content (AvgIpc) is 2.65. The van der Waals surface area contributed by atoms with Crippen molar-refractivity contribution in [1.29, 1.82) is 0 Å². The first-order valence-corrected chi connectivity index (χ1v) is 10.1. The van der Waals surface area contributed by atoms with Crippen molar-refractivity contribution in [2.24, 2.45) is 0 Å². The molecule has 1 saturated carbocycles. The Kier molecular flexibility index (Phi) is 5.72. The molecule has 0 heterocycles. The minimum absolute atomic E-state index is 0.115. The van der Waals surface area contributed by atoms with E-state index in [2.05, 4.69) is 0 Å². The van der Waals surface area contributed by atoms with E-state index in [9.17, 15) is 40.6 Å². The molecule has 0 bridgehead atoms. The van der Waals surface area contributed by atoms with Crippen LogP contribution in [0.2, 0.25) is 0 Å². The highest BCUT2D eigenvalue weighted by Gasteiger charge is 2.35. The fourth-order valence-electron chi connectivity index (χ4n) is 3.50. The molecule has 1 aliphatic carbocycles. The second kappa shape index (κ2) is 7.79. The first-order chi connectivity index (χ1) is 13.5. The molecule has 2 aromatic rings. The van der Waals surface area contributed by atoms with Gasteiger partial charge in [-0.25, -0.2) is 35.1 Å². The zero-order valence-electron chi connectivity index (χ0n) is 14.7. The lowest BCUT2D eigenvalue weighted by atomic mass is 9.81. The van der Waals surface area contributed by atoms with Gasteiger partial charge in [0.1, 0.15) is 11.5 Å². The molecule has 0 saturated heterocycles. The van der Waals surface area contributed by atoms with Crippen molar-refractivity contribution in [3.05, 3.63) is 52.8 Å². The maximum atomic E-state index is 13.8. The molecule has 0 atom stereocenters. The normalized spacial score (nSPS) is 20.0. The number of aromatic hydroxyl groups is 2. The van der Waals surface area contributed by atoms with E-state index in [-0.39, 0.29) is 30.3 Å². The van der Waals surface area contributed by atoms with Gasteiger partial charge in [0.05, 0.1) is 0 Å². The number of sulfonamides is 1. The molecule has 11 heteroatoms. The van der Waals surface area contributed by atoms with Crippen LogP contribution in [0.4, 0.5) is 22.0 Å². The van der Waals surface area contributed by atoms with E-state index in [1.165, 1.54) is 18.2 Å². The second-order valence-corrected chi connectivity index (χ2v) is 8.46. The van der Waals surface area contributed by atoms with E-state index in [0.29, 0.717) is 18.4 Å². The number of rotatable bonds is 4.